The normalized spacial score (nSPS) is 10.8. The summed E-state index contributed by atoms with van der Waals surface area (Å²) in [5, 5.41) is 12.6. The molecule has 1 amide bonds. The fourth-order valence-corrected chi connectivity index (χ4v) is 3.63. The summed E-state index contributed by atoms with van der Waals surface area (Å²) in [6.45, 7) is 0.168. The first kappa shape index (κ1) is 20.8. The van der Waals surface area contributed by atoms with Gasteiger partial charge in [-0.2, -0.15) is 0 Å². The van der Waals surface area contributed by atoms with Crippen LogP contribution in [0.1, 0.15) is 16.8 Å². The molecule has 0 aliphatic heterocycles. The number of ketones is 1. The average Bonchev–Trinajstić information content (AvgIpc) is 2.76. The van der Waals surface area contributed by atoms with Gasteiger partial charge in [-0.05, 0) is 18.6 Å². The van der Waals surface area contributed by atoms with Gasteiger partial charge in [0.05, 0.1) is 23.2 Å². The molecule has 0 saturated heterocycles. The Kier molecular flexibility index (Phi) is 7.15. The number of benzene rings is 2. The lowest BCUT2D eigenvalue weighted by Crippen LogP contribution is -2.31. The van der Waals surface area contributed by atoms with Crippen LogP contribution in [0, 0.1) is 0 Å². The second-order valence-corrected chi connectivity index (χ2v) is 7.24. The third-order valence-electron chi connectivity index (χ3n) is 4.24. The number of aromatic nitrogens is 2. The highest BCUT2D eigenvalue weighted by molar-refractivity contribution is 7.99. The summed E-state index contributed by atoms with van der Waals surface area (Å²) < 4.78 is 1.48. The van der Waals surface area contributed by atoms with Crippen LogP contribution in [0.5, 0.6) is 0 Å². The van der Waals surface area contributed by atoms with Crippen LogP contribution in [0.3, 0.4) is 0 Å². The lowest BCUT2D eigenvalue weighted by atomic mass is 10.1. The number of hydrogen-bond acceptors (Lipinski definition) is 6. The van der Waals surface area contributed by atoms with Crippen LogP contribution in [0.25, 0.3) is 10.9 Å². The number of fused-ring (bicyclic) bond motifs is 1. The Morgan fingerprint density at radius 1 is 1.07 bits per heavy atom. The zero-order valence-corrected chi connectivity index (χ0v) is 16.5. The number of rotatable bonds is 9. The molecular weight excluding hydrogens is 390 g/mol. The first-order valence-electron chi connectivity index (χ1n) is 9.18. The summed E-state index contributed by atoms with van der Waals surface area (Å²) in [6, 6.07) is 15.8. The Morgan fingerprint density at radius 2 is 1.79 bits per heavy atom. The monoisotopic (exact) mass is 411 g/mol. The van der Waals surface area contributed by atoms with Crippen molar-refractivity contribution in [2.45, 2.75) is 18.1 Å². The van der Waals surface area contributed by atoms with Crippen molar-refractivity contribution in [1.29, 1.82) is 0 Å². The van der Waals surface area contributed by atoms with Crippen LogP contribution in [-0.2, 0) is 11.3 Å². The Hall–Kier alpha value is -2.97. The topological polar surface area (TPSA) is 101 Å². The van der Waals surface area contributed by atoms with Crippen molar-refractivity contribution in [3.63, 3.8) is 0 Å². The van der Waals surface area contributed by atoms with Gasteiger partial charge in [0.1, 0.15) is 0 Å². The van der Waals surface area contributed by atoms with E-state index in [0.29, 0.717) is 34.6 Å². The quantitative estimate of drug-likeness (QED) is 0.317. The van der Waals surface area contributed by atoms with E-state index in [-0.39, 0.29) is 36.2 Å². The summed E-state index contributed by atoms with van der Waals surface area (Å²) in [5.41, 5.74) is 0.889. The van der Waals surface area contributed by atoms with E-state index in [1.54, 1.807) is 48.5 Å². The van der Waals surface area contributed by atoms with Crippen LogP contribution in [0.2, 0.25) is 0 Å². The summed E-state index contributed by atoms with van der Waals surface area (Å²) in [7, 11) is 0. The molecule has 29 heavy (non-hydrogen) atoms. The molecular formula is C21H21N3O4S. The summed E-state index contributed by atoms with van der Waals surface area (Å²) in [5.74, 6) is -0.477. The van der Waals surface area contributed by atoms with E-state index in [9.17, 15) is 14.4 Å². The highest BCUT2D eigenvalue weighted by Gasteiger charge is 2.14. The van der Waals surface area contributed by atoms with Crippen molar-refractivity contribution in [2.24, 2.45) is 0 Å². The lowest BCUT2D eigenvalue weighted by molar-refractivity contribution is -0.118. The van der Waals surface area contributed by atoms with Gasteiger partial charge >= 0.3 is 0 Å². The average molecular weight is 411 g/mol. The molecule has 1 heterocycles. The number of para-hydroxylation sites is 1. The van der Waals surface area contributed by atoms with Crippen molar-refractivity contribution in [3.8, 4) is 0 Å². The minimum atomic E-state index is -0.324. The molecule has 0 radical (unpaired) electrons. The van der Waals surface area contributed by atoms with Crippen LogP contribution in [0.15, 0.2) is 64.5 Å². The largest absolute Gasteiger partial charge is 0.396 e. The van der Waals surface area contributed by atoms with Crippen molar-refractivity contribution < 1.29 is 14.7 Å². The molecule has 0 fully saturated rings. The maximum Gasteiger partial charge on any atom is 0.262 e. The smallest absolute Gasteiger partial charge is 0.262 e. The molecule has 150 valence electrons. The molecule has 3 aromatic rings. The van der Waals surface area contributed by atoms with Gasteiger partial charge in [-0.15, -0.1) is 0 Å². The van der Waals surface area contributed by atoms with Crippen molar-refractivity contribution in [2.75, 3.05) is 18.9 Å². The number of carbonyl (C=O) groups is 2. The molecule has 0 atom stereocenters. The zero-order chi connectivity index (χ0) is 20.6. The van der Waals surface area contributed by atoms with Gasteiger partial charge in [0, 0.05) is 18.7 Å². The predicted molar refractivity (Wildman–Crippen MR) is 112 cm³/mol. The number of hydrogen-bond donors (Lipinski definition) is 2. The van der Waals surface area contributed by atoms with Gasteiger partial charge in [0.2, 0.25) is 5.91 Å². The minimum Gasteiger partial charge on any atom is -0.396 e. The Balaban J connectivity index is 1.68. The van der Waals surface area contributed by atoms with E-state index in [1.807, 2.05) is 6.07 Å². The standard InChI is InChI=1S/C21H21N3O4S/c25-12-6-11-24-20(28)16-9-4-5-10-17(16)23-21(24)29-14-19(27)22-13-18(26)15-7-2-1-3-8-15/h1-5,7-10,25H,6,11-14H2,(H,22,27). The number of nitrogens with one attached hydrogen (secondary N) is 1. The number of carbonyl (C=O) groups excluding carboxylic acids is 2. The van der Waals surface area contributed by atoms with Gasteiger partial charge < -0.3 is 10.4 Å². The number of amides is 1. The van der Waals surface area contributed by atoms with E-state index in [4.69, 9.17) is 5.11 Å². The fraction of sp³-hybridized carbons (Fsp3) is 0.238. The van der Waals surface area contributed by atoms with E-state index < -0.39 is 0 Å². The second kappa shape index (κ2) is 9.99. The minimum absolute atomic E-state index is 0.0198. The molecule has 8 heteroatoms. The lowest BCUT2D eigenvalue weighted by Gasteiger charge is -2.12. The molecule has 0 aliphatic carbocycles. The Morgan fingerprint density at radius 3 is 2.55 bits per heavy atom. The van der Waals surface area contributed by atoms with Crippen LogP contribution in [-0.4, -0.2) is 45.3 Å². The fourth-order valence-electron chi connectivity index (χ4n) is 2.77. The summed E-state index contributed by atoms with van der Waals surface area (Å²) in [6.07, 6.45) is 0.408. The number of Topliss-reactive ketones (excluding diaryl/α,β-unsaturated/α-hetero) is 1. The van der Waals surface area contributed by atoms with Gasteiger partial charge in [0.25, 0.3) is 5.56 Å². The highest BCUT2D eigenvalue weighted by Crippen LogP contribution is 2.18. The van der Waals surface area contributed by atoms with Gasteiger partial charge in [-0.1, -0.05) is 54.2 Å². The number of aliphatic hydroxyl groups is 1. The SMILES string of the molecule is O=C(CSc1nc2ccccc2c(=O)n1CCCO)NCC(=O)c1ccccc1. The van der Waals surface area contributed by atoms with Crippen molar-refractivity contribution >= 4 is 34.4 Å². The summed E-state index contributed by atoms with van der Waals surface area (Å²) in [4.78, 5) is 41.5. The van der Waals surface area contributed by atoms with Gasteiger partial charge in [0.15, 0.2) is 10.9 Å². The number of nitrogens with zero attached hydrogens (tertiary/aromatic N) is 2. The van der Waals surface area contributed by atoms with Crippen LogP contribution in [0.4, 0.5) is 0 Å². The van der Waals surface area contributed by atoms with Crippen molar-refractivity contribution in [3.05, 3.63) is 70.5 Å². The maximum absolute atomic E-state index is 12.8. The molecule has 2 N–H and O–H groups in total. The molecule has 0 saturated carbocycles. The van der Waals surface area contributed by atoms with E-state index >= 15 is 0 Å². The van der Waals surface area contributed by atoms with Crippen molar-refractivity contribution in [1.82, 2.24) is 14.9 Å². The molecule has 0 spiro atoms. The summed E-state index contributed by atoms with van der Waals surface area (Å²) >= 11 is 1.13. The Labute approximate surface area is 171 Å². The molecule has 2 aromatic carbocycles. The molecule has 1 aromatic heterocycles. The maximum atomic E-state index is 12.8. The van der Waals surface area contributed by atoms with Gasteiger partial charge in [-0.3, -0.25) is 19.0 Å². The first-order valence-corrected chi connectivity index (χ1v) is 10.2. The Bertz CT molecular complexity index is 1070. The second-order valence-electron chi connectivity index (χ2n) is 6.30. The van der Waals surface area contributed by atoms with Crippen LogP contribution < -0.4 is 10.9 Å². The molecule has 0 aliphatic rings. The van der Waals surface area contributed by atoms with Gasteiger partial charge in [-0.25, -0.2) is 4.98 Å². The molecule has 7 nitrogen and oxygen atoms in total. The number of thioether (sulfide) groups is 1. The molecule has 0 bridgehead atoms. The third kappa shape index (κ3) is 5.30. The highest BCUT2D eigenvalue weighted by atomic mass is 32.2. The molecule has 3 rings (SSSR count). The van der Waals surface area contributed by atoms with Crippen LogP contribution >= 0.6 is 11.8 Å². The zero-order valence-electron chi connectivity index (χ0n) is 15.7. The van der Waals surface area contributed by atoms with E-state index in [1.165, 1.54) is 4.57 Å². The van der Waals surface area contributed by atoms with E-state index in [0.717, 1.165) is 11.8 Å². The molecule has 0 unspecified atom stereocenters. The first-order chi connectivity index (χ1) is 14.1. The number of aliphatic hydroxyl groups excluding tert-OH is 1. The van der Waals surface area contributed by atoms with E-state index in [2.05, 4.69) is 10.3 Å². The third-order valence-corrected chi connectivity index (χ3v) is 5.22. The predicted octanol–water partition coefficient (Wildman–Crippen LogP) is 1.87.